The van der Waals surface area contributed by atoms with Crippen LogP contribution in [0, 0.1) is 17.0 Å². The number of rotatable bonds is 7. The second-order valence-corrected chi connectivity index (χ2v) is 5.21. The van der Waals surface area contributed by atoms with Gasteiger partial charge in [-0.3, -0.25) is 14.9 Å². The van der Waals surface area contributed by atoms with Gasteiger partial charge in [0.2, 0.25) is 0 Å². The number of nitro groups is 1. The van der Waals surface area contributed by atoms with Crippen LogP contribution in [0.2, 0.25) is 0 Å². The van der Waals surface area contributed by atoms with Crippen LogP contribution < -0.4 is 0 Å². The summed E-state index contributed by atoms with van der Waals surface area (Å²) in [5.74, 6) is 0. The van der Waals surface area contributed by atoms with Gasteiger partial charge in [-0.1, -0.05) is 12.1 Å². The third-order valence-corrected chi connectivity index (χ3v) is 3.16. The van der Waals surface area contributed by atoms with Crippen molar-refractivity contribution in [2.45, 2.75) is 6.92 Å². The van der Waals surface area contributed by atoms with E-state index in [1.54, 1.807) is 31.3 Å². The number of benzene rings is 1. The summed E-state index contributed by atoms with van der Waals surface area (Å²) >= 11 is 0. The minimum Gasteiger partial charge on any atom is -0.379 e. The van der Waals surface area contributed by atoms with Crippen LogP contribution in [-0.2, 0) is 0 Å². The van der Waals surface area contributed by atoms with E-state index in [2.05, 4.69) is 4.90 Å². The highest BCUT2D eigenvalue weighted by molar-refractivity contribution is 5.85. The van der Waals surface area contributed by atoms with E-state index in [0.717, 1.165) is 13.1 Å². The molecule has 114 valence electrons. The molecule has 0 aliphatic carbocycles. The lowest BCUT2D eigenvalue weighted by Gasteiger charge is -2.17. The smallest absolute Gasteiger partial charge is 0.280 e. The molecular formula is C15H21N3O3. The van der Waals surface area contributed by atoms with Gasteiger partial charge in [-0.05, 0) is 33.3 Å². The lowest BCUT2D eigenvalue weighted by molar-refractivity contribution is -0.385. The Morgan fingerprint density at radius 3 is 2.43 bits per heavy atom. The Balaban J connectivity index is 3.08. The summed E-state index contributed by atoms with van der Waals surface area (Å²) < 4.78 is 0. The van der Waals surface area contributed by atoms with Gasteiger partial charge in [0.1, 0.15) is 0 Å². The molecule has 0 saturated heterocycles. The number of nitrogens with zero attached hydrogens (tertiary/aromatic N) is 3. The highest BCUT2D eigenvalue weighted by Gasteiger charge is 2.18. The molecule has 0 unspecified atom stereocenters. The molecule has 0 heterocycles. The van der Waals surface area contributed by atoms with Gasteiger partial charge >= 0.3 is 0 Å². The van der Waals surface area contributed by atoms with Gasteiger partial charge in [0.15, 0.2) is 6.29 Å². The second-order valence-electron chi connectivity index (χ2n) is 5.21. The van der Waals surface area contributed by atoms with Crippen LogP contribution in [0.25, 0.3) is 6.08 Å². The summed E-state index contributed by atoms with van der Waals surface area (Å²) in [4.78, 5) is 25.8. The van der Waals surface area contributed by atoms with Crippen molar-refractivity contribution >= 4 is 18.0 Å². The average Bonchev–Trinajstić information content (AvgIpc) is 2.42. The molecule has 1 aromatic carbocycles. The third-order valence-electron chi connectivity index (χ3n) is 3.16. The number of carbonyl (C=O) groups is 1. The van der Waals surface area contributed by atoms with Crippen molar-refractivity contribution in [3.05, 3.63) is 45.1 Å². The molecule has 0 atom stereocenters. The maximum absolute atomic E-state index is 11.2. The Labute approximate surface area is 124 Å². The zero-order valence-corrected chi connectivity index (χ0v) is 12.9. The van der Waals surface area contributed by atoms with E-state index in [9.17, 15) is 14.9 Å². The van der Waals surface area contributed by atoms with E-state index < -0.39 is 4.92 Å². The zero-order chi connectivity index (χ0) is 16.0. The first-order valence-corrected chi connectivity index (χ1v) is 6.63. The van der Waals surface area contributed by atoms with Gasteiger partial charge in [0.25, 0.3) is 5.69 Å². The van der Waals surface area contributed by atoms with Crippen LogP contribution in [0.1, 0.15) is 21.5 Å². The van der Waals surface area contributed by atoms with E-state index >= 15 is 0 Å². The van der Waals surface area contributed by atoms with E-state index in [1.807, 2.05) is 26.0 Å². The summed E-state index contributed by atoms with van der Waals surface area (Å²) in [7, 11) is 5.85. The number of likely N-dealkylation sites (N-methyl/N-ethyl adjacent to an activating group) is 2. The summed E-state index contributed by atoms with van der Waals surface area (Å²) in [6.07, 6.45) is 4.04. The van der Waals surface area contributed by atoms with Crippen LogP contribution in [0.4, 0.5) is 5.69 Å². The van der Waals surface area contributed by atoms with Crippen molar-refractivity contribution in [2.24, 2.45) is 0 Å². The Bertz CT molecular complexity index is 553. The molecule has 0 bridgehead atoms. The first kappa shape index (κ1) is 16.8. The highest BCUT2D eigenvalue weighted by atomic mass is 16.6. The monoisotopic (exact) mass is 291 g/mol. The fourth-order valence-corrected chi connectivity index (χ4v) is 1.89. The van der Waals surface area contributed by atoms with E-state index in [4.69, 9.17) is 0 Å². The van der Waals surface area contributed by atoms with Crippen molar-refractivity contribution in [2.75, 3.05) is 34.2 Å². The largest absolute Gasteiger partial charge is 0.379 e. The Hall–Kier alpha value is -2.21. The van der Waals surface area contributed by atoms with E-state index in [1.165, 1.54) is 0 Å². The molecule has 0 N–H and O–H groups in total. The number of hydrogen-bond acceptors (Lipinski definition) is 5. The van der Waals surface area contributed by atoms with Gasteiger partial charge in [0, 0.05) is 31.3 Å². The van der Waals surface area contributed by atoms with Crippen LogP contribution in [-0.4, -0.2) is 55.2 Å². The molecule has 0 aromatic heterocycles. The van der Waals surface area contributed by atoms with Gasteiger partial charge < -0.3 is 9.80 Å². The SMILES string of the molecule is Cc1ccc(C=O)c(/C=C\N(C)CCN(C)C)c1[N+](=O)[O-]. The van der Waals surface area contributed by atoms with Gasteiger partial charge in [-0.15, -0.1) is 0 Å². The molecule has 6 heteroatoms. The minimum atomic E-state index is -0.443. The van der Waals surface area contributed by atoms with Crippen LogP contribution in [0.5, 0.6) is 0 Å². The van der Waals surface area contributed by atoms with Crippen molar-refractivity contribution in [3.63, 3.8) is 0 Å². The molecule has 21 heavy (non-hydrogen) atoms. The van der Waals surface area contributed by atoms with Crippen molar-refractivity contribution in [1.29, 1.82) is 0 Å². The summed E-state index contributed by atoms with van der Waals surface area (Å²) in [5, 5.41) is 11.2. The van der Waals surface area contributed by atoms with E-state index in [-0.39, 0.29) is 5.69 Å². The number of carbonyl (C=O) groups excluding carboxylic acids is 1. The Morgan fingerprint density at radius 1 is 1.24 bits per heavy atom. The molecule has 0 aliphatic heterocycles. The predicted molar refractivity (Wildman–Crippen MR) is 83.4 cm³/mol. The third kappa shape index (κ3) is 4.68. The number of hydrogen-bond donors (Lipinski definition) is 0. The fraction of sp³-hybridized carbons (Fsp3) is 0.400. The molecule has 0 spiro atoms. The molecule has 1 rings (SSSR count). The Morgan fingerprint density at radius 2 is 1.90 bits per heavy atom. The first-order valence-electron chi connectivity index (χ1n) is 6.63. The highest BCUT2D eigenvalue weighted by Crippen LogP contribution is 2.27. The van der Waals surface area contributed by atoms with Crippen LogP contribution >= 0.6 is 0 Å². The zero-order valence-electron chi connectivity index (χ0n) is 12.9. The lowest BCUT2D eigenvalue weighted by Crippen LogP contribution is -2.25. The quantitative estimate of drug-likeness (QED) is 0.437. The molecular weight excluding hydrogens is 270 g/mol. The summed E-state index contributed by atoms with van der Waals surface area (Å²) in [5.41, 5.74) is 1.20. The topological polar surface area (TPSA) is 66.7 Å². The van der Waals surface area contributed by atoms with Gasteiger partial charge in [-0.25, -0.2) is 0 Å². The van der Waals surface area contributed by atoms with Crippen molar-refractivity contribution in [1.82, 2.24) is 9.80 Å². The first-order chi connectivity index (χ1) is 9.86. The predicted octanol–water partition coefficient (Wildman–Crippen LogP) is 2.18. The summed E-state index contributed by atoms with van der Waals surface area (Å²) in [6, 6.07) is 3.20. The Kier molecular flexibility index (Phi) is 6.05. The van der Waals surface area contributed by atoms with Crippen molar-refractivity contribution < 1.29 is 9.72 Å². The number of aldehydes is 1. The van der Waals surface area contributed by atoms with Crippen molar-refractivity contribution in [3.8, 4) is 0 Å². The average molecular weight is 291 g/mol. The molecule has 1 aromatic rings. The molecule has 0 amide bonds. The van der Waals surface area contributed by atoms with Crippen LogP contribution in [0.3, 0.4) is 0 Å². The molecule has 0 radical (unpaired) electrons. The van der Waals surface area contributed by atoms with Gasteiger partial charge in [-0.2, -0.15) is 0 Å². The van der Waals surface area contributed by atoms with E-state index in [0.29, 0.717) is 23.0 Å². The maximum atomic E-state index is 11.2. The standard InChI is InChI=1S/C15H21N3O3/c1-12-5-6-13(11-19)14(15(12)18(20)21)7-8-17(4)10-9-16(2)3/h5-8,11H,9-10H2,1-4H3/b8-7-. The second kappa shape index (κ2) is 7.54. The van der Waals surface area contributed by atoms with Crippen LogP contribution in [0.15, 0.2) is 18.3 Å². The summed E-state index contributed by atoms with van der Waals surface area (Å²) in [6.45, 7) is 3.33. The molecule has 0 saturated carbocycles. The lowest BCUT2D eigenvalue weighted by atomic mass is 10.0. The minimum absolute atomic E-state index is 0.0168. The maximum Gasteiger partial charge on any atom is 0.280 e. The normalized spacial score (nSPS) is 11.1. The molecule has 0 fully saturated rings. The fourth-order valence-electron chi connectivity index (χ4n) is 1.89. The number of aryl methyl sites for hydroxylation is 1. The molecule has 6 nitrogen and oxygen atoms in total. The van der Waals surface area contributed by atoms with Gasteiger partial charge in [0.05, 0.1) is 10.5 Å². The number of nitro benzene ring substituents is 1. The molecule has 0 aliphatic rings.